The van der Waals surface area contributed by atoms with E-state index in [1.54, 1.807) is 0 Å². The minimum absolute atomic E-state index is 0.0631. The molecule has 2 amide bonds. The summed E-state index contributed by atoms with van der Waals surface area (Å²) in [5.74, 6) is 0.314. The van der Waals surface area contributed by atoms with Gasteiger partial charge in [-0.1, -0.05) is 31.5 Å². The number of sulfone groups is 1. The molecule has 0 aromatic heterocycles. The predicted octanol–water partition coefficient (Wildman–Crippen LogP) is 2.34. The molecule has 1 aliphatic rings. The molecule has 0 unspecified atom stereocenters. The summed E-state index contributed by atoms with van der Waals surface area (Å²) in [4.78, 5) is 12.0. The van der Waals surface area contributed by atoms with Crippen molar-refractivity contribution in [1.82, 2.24) is 5.32 Å². The van der Waals surface area contributed by atoms with Crippen LogP contribution in [0, 0.1) is 0 Å². The maximum atomic E-state index is 12.0. The van der Waals surface area contributed by atoms with Crippen molar-refractivity contribution in [2.75, 3.05) is 16.8 Å². The lowest BCUT2D eigenvalue weighted by Gasteiger charge is -2.23. The molecule has 0 saturated carbocycles. The number of amides is 2. The van der Waals surface area contributed by atoms with Crippen LogP contribution in [0.1, 0.15) is 31.7 Å². The Bertz CT molecular complexity index is 585. The van der Waals surface area contributed by atoms with Crippen molar-refractivity contribution in [2.45, 2.75) is 38.6 Å². The monoisotopic (exact) mass is 310 g/mol. The summed E-state index contributed by atoms with van der Waals surface area (Å²) in [5.41, 5.74) is 1.93. The second-order valence-electron chi connectivity index (χ2n) is 5.43. The number of rotatable bonds is 4. The molecular weight excluding hydrogens is 288 g/mol. The van der Waals surface area contributed by atoms with Crippen molar-refractivity contribution in [3.63, 3.8) is 0 Å². The molecule has 0 atom stereocenters. The van der Waals surface area contributed by atoms with E-state index in [1.807, 2.05) is 24.3 Å². The molecule has 5 nitrogen and oxygen atoms in total. The van der Waals surface area contributed by atoms with Gasteiger partial charge in [0.05, 0.1) is 11.5 Å². The van der Waals surface area contributed by atoms with Crippen LogP contribution in [0.4, 0.5) is 10.5 Å². The fourth-order valence-electron chi connectivity index (χ4n) is 2.51. The Balaban J connectivity index is 1.90. The van der Waals surface area contributed by atoms with E-state index >= 15 is 0 Å². The Morgan fingerprint density at radius 1 is 1.24 bits per heavy atom. The molecule has 2 rings (SSSR count). The Hall–Kier alpha value is -1.56. The molecule has 0 aliphatic carbocycles. The fourth-order valence-corrected chi connectivity index (χ4v) is 4.00. The number of benzene rings is 1. The molecule has 6 heteroatoms. The molecule has 1 aliphatic heterocycles. The second kappa shape index (κ2) is 6.93. The van der Waals surface area contributed by atoms with E-state index in [4.69, 9.17) is 0 Å². The lowest BCUT2D eigenvalue weighted by molar-refractivity contribution is 0.247. The van der Waals surface area contributed by atoms with E-state index in [9.17, 15) is 13.2 Å². The van der Waals surface area contributed by atoms with Gasteiger partial charge in [0.2, 0.25) is 0 Å². The van der Waals surface area contributed by atoms with Gasteiger partial charge in [-0.3, -0.25) is 0 Å². The van der Waals surface area contributed by atoms with Crippen LogP contribution in [0.25, 0.3) is 0 Å². The third-order valence-electron chi connectivity index (χ3n) is 3.67. The second-order valence-corrected chi connectivity index (χ2v) is 7.74. The zero-order valence-corrected chi connectivity index (χ0v) is 13.1. The van der Waals surface area contributed by atoms with Gasteiger partial charge < -0.3 is 10.6 Å². The van der Waals surface area contributed by atoms with Crippen LogP contribution >= 0.6 is 0 Å². The van der Waals surface area contributed by atoms with E-state index in [1.165, 1.54) is 0 Å². The van der Waals surface area contributed by atoms with Crippen LogP contribution < -0.4 is 10.6 Å². The highest BCUT2D eigenvalue weighted by Gasteiger charge is 2.24. The third-order valence-corrected chi connectivity index (χ3v) is 5.39. The lowest BCUT2D eigenvalue weighted by Crippen LogP contribution is -2.42. The minimum Gasteiger partial charge on any atom is -0.335 e. The highest BCUT2D eigenvalue weighted by atomic mass is 32.2. The first-order valence-corrected chi connectivity index (χ1v) is 9.18. The Labute approximate surface area is 126 Å². The molecule has 0 bridgehead atoms. The summed E-state index contributed by atoms with van der Waals surface area (Å²) in [6.45, 7) is 2.10. The van der Waals surface area contributed by atoms with Gasteiger partial charge in [0.15, 0.2) is 0 Å². The number of hydrogen-bond acceptors (Lipinski definition) is 3. The number of hydrogen-bond donors (Lipinski definition) is 2. The van der Waals surface area contributed by atoms with Gasteiger partial charge in [0.25, 0.3) is 0 Å². The third kappa shape index (κ3) is 4.74. The Morgan fingerprint density at radius 3 is 2.57 bits per heavy atom. The quantitative estimate of drug-likeness (QED) is 0.896. The van der Waals surface area contributed by atoms with Crippen molar-refractivity contribution in [1.29, 1.82) is 0 Å². The van der Waals surface area contributed by atoms with Crippen LogP contribution in [-0.4, -0.2) is 32.0 Å². The molecular formula is C15H22N2O3S. The van der Waals surface area contributed by atoms with Crippen molar-refractivity contribution >= 4 is 21.6 Å². The van der Waals surface area contributed by atoms with Gasteiger partial charge >= 0.3 is 6.03 Å². The first-order valence-electron chi connectivity index (χ1n) is 7.36. The van der Waals surface area contributed by atoms with Crippen LogP contribution in [0.15, 0.2) is 24.3 Å². The van der Waals surface area contributed by atoms with Crippen LogP contribution in [0.3, 0.4) is 0 Å². The van der Waals surface area contributed by atoms with Crippen LogP contribution in [0.5, 0.6) is 0 Å². The molecule has 0 spiro atoms. The summed E-state index contributed by atoms with van der Waals surface area (Å²) in [6, 6.07) is 7.42. The van der Waals surface area contributed by atoms with E-state index < -0.39 is 9.84 Å². The van der Waals surface area contributed by atoms with Crippen molar-refractivity contribution < 1.29 is 13.2 Å². The number of anilines is 1. The molecule has 1 fully saturated rings. The highest BCUT2D eigenvalue weighted by Crippen LogP contribution is 2.17. The van der Waals surface area contributed by atoms with Gasteiger partial charge in [0, 0.05) is 11.7 Å². The molecule has 2 N–H and O–H groups in total. The van der Waals surface area contributed by atoms with E-state index in [2.05, 4.69) is 17.6 Å². The van der Waals surface area contributed by atoms with Gasteiger partial charge in [-0.05, 0) is 30.9 Å². The summed E-state index contributed by atoms with van der Waals surface area (Å²) < 4.78 is 22.7. The number of nitrogens with one attached hydrogen (secondary N) is 2. The number of carbonyl (C=O) groups excluding carboxylic acids is 1. The average molecular weight is 310 g/mol. The SMILES string of the molecule is CCCc1ccccc1NC(=O)NC1CCS(=O)(=O)CC1. The summed E-state index contributed by atoms with van der Waals surface area (Å²) >= 11 is 0. The predicted molar refractivity (Wildman–Crippen MR) is 84.3 cm³/mol. The first kappa shape index (κ1) is 15.8. The fraction of sp³-hybridized carbons (Fsp3) is 0.533. The summed E-state index contributed by atoms with van der Waals surface area (Å²) in [7, 11) is -2.90. The number of aryl methyl sites for hydroxylation is 1. The van der Waals surface area contributed by atoms with Crippen LogP contribution in [-0.2, 0) is 16.3 Å². The molecule has 1 heterocycles. The largest absolute Gasteiger partial charge is 0.335 e. The van der Waals surface area contributed by atoms with Gasteiger partial charge in [-0.15, -0.1) is 0 Å². The Morgan fingerprint density at radius 2 is 1.90 bits per heavy atom. The van der Waals surface area contributed by atoms with E-state index in [0.717, 1.165) is 24.1 Å². The Kier molecular flexibility index (Phi) is 5.22. The molecule has 21 heavy (non-hydrogen) atoms. The van der Waals surface area contributed by atoms with Gasteiger partial charge in [-0.25, -0.2) is 13.2 Å². The topological polar surface area (TPSA) is 75.3 Å². The molecule has 1 aromatic rings. The molecule has 0 radical (unpaired) electrons. The summed E-state index contributed by atoms with van der Waals surface area (Å²) in [5, 5.41) is 5.72. The smallest absolute Gasteiger partial charge is 0.319 e. The highest BCUT2D eigenvalue weighted by molar-refractivity contribution is 7.91. The average Bonchev–Trinajstić information content (AvgIpc) is 2.44. The standard InChI is InChI=1S/C15H22N2O3S/c1-2-5-12-6-3-4-7-14(12)17-15(18)16-13-8-10-21(19,20)11-9-13/h3-4,6-7,13H,2,5,8-11H2,1H3,(H2,16,17,18). The normalized spacial score (nSPS) is 18.1. The number of para-hydroxylation sites is 1. The lowest BCUT2D eigenvalue weighted by atomic mass is 10.1. The summed E-state index contributed by atoms with van der Waals surface area (Å²) in [6.07, 6.45) is 2.91. The number of carbonyl (C=O) groups is 1. The van der Waals surface area contributed by atoms with Crippen molar-refractivity contribution in [3.8, 4) is 0 Å². The van der Waals surface area contributed by atoms with Crippen molar-refractivity contribution in [2.24, 2.45) is 0 Å². The minimum atomic E-state index is -2.90. The molecule has 1 saturated heterocycles. The number of urea groups is 1. The van der Waals surface area contributed by atoms with Crippen molar-refractivity contribution in [3.05, 3.63) is 29.8 Å². The van der Waals surface area contributed by atoms with Gasteiger partial charge in [0.1, 0.15) is 9.84 Å². The zero-order valence-electron chi connectivity index (χ0n) is 12.3. The zero-order chi connectivity index (χ0) is 15.3. The first-order chi connectivity index (χ1) is 10.00. The van der Waals surface area contributed by atoms with E-state index in [-0.39, 0.29) is 23.6 Å². The maximum absolute atomic E-state index is 12.0. The van der Waals surface area contributed by atoms with Crippen LogP contribution in [0.2, 0.25) is 0 Å². The van der Waals surface area contributed by atoms with E-state index in [0.29, 0.717) is 12.8 Å². The molecule has 116 valence electrons. The van der Waals surface area contributed by atoms with Gasteiger partial charge in [-0.2, -0.15) is 0 Å². The maximum Gasteiger partial charge on any atom is 0.319 e. The molecule has 1 aromatic carbocycles.